The van der Waals surface area contributed by atoms with Crippen LogP contribution >= 0.6 is 11.8 Å². The van der Waals surface area contributed by atoms with Gasteiger partial charge in [-0.3, -0.25) is 9.59 Å². The van der Waals surface area contributed by atoms with E-state index < -0.39 is 0 Å². The molecule has 2 aromatic carbocycles. The van der Waals surface area contributed by atoms with E-state index in [9.17, 15) is 14.0 Å². The predicted octanol–water partition coefficient (Wildman–Crippen LogP) is 3.16. The van der Waals surface area contributed by atoms with Crippen molar-refractivity contribution in [2.45, 2.75) is 18.1 Å². The van der Waals surface area contributed by atoms with E-state index >= 15 is 0 Å². The van der Waals surface area contributed by atoms with E-state index in [4.69, 9.17) is 0 Å². The fourth-order valence-electron chi connectivity index (χ4n) is 3.82. The Morgan fingerprint density at radius 1 is 1.07 bits per heavy atom. The molecule has 2 aliphatic heterocycles. The van der Waals surface area contributed by atoms with E-state index in [0.29, 0.717) is 31.9 Å². The third kappa shape index (κ3) is 4.56. The number of rotatable bonds is 4. The number of nitrogens with zero attached hydrogens (tertiary/aromatic N) is 2. The molecule has 0 bridgehead atoms. The lowest BCUT2D eigenvalue weighted by Crippen LogP contribution is -2.49. The van der Waals surface area contributed by atoms with Gasteiger partial charge >= 0.3 is 0 Å². The topological polar surface area (TPSA) is 52.7 Å². The highest BCUT2D eigenvalue weighted by molar-refractivity contribution is 8.01. The molecule has 2 aromatic rings. The predicted molar refractivity (Wildman–Crippen MR) is 115 cm³/mol. The van der Waals surface area contributed by atoms with Crippen LogP contribution in [0, 0.1) is 5.82 Å². The largest absolute Gasteiger partial charge is 0.366 e. The molecule has 5 nitrogen and oxygen atoms in total. The second-order valence-corrected chi connectivity index (χ2v) is 8.50. The molecule has 1 atom stereocenters. The molecule has 29 heavy (non-hydrogen) atoms. The second-order valence-electron chi connectivity index (χ2n) is 7.30. The Kier molecular flexibility index (Phi) is 6.04. The number of benzene rings is 2. The van der Waals surface area contributed by atoms with Crippen molar-refractivity contribution in [3.63, 3.8) is 0 Å². The highest BCUT2D eigenvalue weighted by Gasteiger charge is 2.27. The van der Waals surface area contributed by atoms with Crippen LogP contribution in [-0.4, -0.2) is 53.9 Å². The first-order valence-corrected chi connectivity index (χ1v) is 10.9. The van der Waals surface area contributed by atoms with Crippen molar-refractivity contribution in [3.8, 4) is 0 Å². The van der Waals surface area contributed by atoms with Crippen LogP contribution in [-0.2, 0) is 16.0 Å². The van der Waals surface area contributed by atoms with Crippen LogP contribution in [0.15, 0.2) is 48.5 Å². The summed E-state index contributed by atoms with van der Waals surface area (Å²) in [5.74, 6) is 0.0618. The van der Waals surface area contributed by atoms with Crippen LogP contribution in [0.2, 0.25) is 0 Å². The monoisotopic (exact) mass is 413 g/mol. The fourth-order valence-corrected chi connectivity index (χ4v) is 4.84. The van der Waals surface area contributed by atoms with Gasteiger partial charge in [0.05, 0.1) is 16.7 Å². The first-order valence-electron chi connectivity index (χ1n) is 9.89. The van der Waals surface area contributed by atoms with E-state index in [-0.39, 0.29) is 28.6 Å². The number of carbonyl (C=O) groups is 2. The molecule has 0 radical (unpaired) electrons. The maximum absolute atomic E-state index is 14.0. The van der Waals surface area contributed by atoms with Gasteiger partial charge in [0.1, 0.15) is 5.82 Å². The molecule has 152 valence electrons. The molecule has 7 heteroatoms. The third-order valence-corrected chi connectivity index (χ3v) is 6.74. The number of carbonyl (C=O) groups excluding carboxylic acids is 2. The van der Waals surface area contributed by atoms with Gasteiger partial charge < -0.3 is 15.1 Å². The summed E-state index contributed by atoms with van der Waals surface area (Å²) in [7, 11) is 0. The van der Waals surface area contributed by atoms with Crippen LogP contribution in [0.1, 0.15) is 12.0 Å². The quantitative estimate of drug-likeness (QED) is 0.837. The van der Waals surface area contributed by atoms with Gasteiger partial charge in [-0.25, -0.2) is 4.39 Å². The number of hydrogen-bond acceptors (Lipinski definition) is 4. The molecule has 0 saturated carbocycles. The summed E-state index contributed by atoms with van der Waals surface area (Å²) >= 11 is 1.41. The molecule has 0 aliphatic carbocycles. The van der Waals surface area contributed by atoms with Gasteiger partial charge in [0.15, 0.2) is 0 Å². The average molecular weight is 414 g/mol. The Bertz CT molecular complexity index is 899. The van der Waals surface area contributed by atoms with E-state index in [0.717, 1.165) is 24.1 Å². The zero-order valence-electron chi connectivity index (χ0n) is 16.1. The zero-order valence-corrected chi connectivity index (χ0v) is 17.0. The molecular formula is C22H24FN3O2S. The first-order chi connectivity index (χ1) is 14.1. The maximum Gasteiger partial charge on any atom is 0.237 e. The number of para-hydroxylation sites is 2. The SMILES string of the molecule is O=C1Nc2ccccc2CCC1SCC(=O)N1CCN(c2ccccc2F)CC1. The summed E-state index contributed by atoms with van der Waals surface area (Å²) in [6.45, 7) is 2.35. The Morgan fingerprint density at radius 3 is 2.59 bits per heavy atom. The Hall–Kier alpha value is -2.54. The lowest BCUT2D eigenvalue weighted by atomic mass is 10.1. The van der Waals surface area contributed by atoms with Crippen molar-refractivity contribution in [1.82, 2.24) is 4.90 Å². The fraction of sp³-hybridized carbons (Fsp3) is 0.364. The third-order valence-electron chi connectivity index (χ3n) is 5.48. The van der Waals surface area contributed by atoms with E-state index in [2.05, 4.69) is 5.32 Å². The van der Waals surface area contributed by atoms with Crippen LogP contribution < -0.4 is 10.2 Å². The minimum atomic E-state index is -0.233. The maximum atomic E-state index is 14.0. The normalized spacial score (nSPS) is 19.3. The number of hydrogen-bond donors (Lipinski definition) is 1. The molecule has 2 aliphatic rings. The molecular weight excluding hydrogens is 389 g/mol. The number of piperazine rings is 1. The Morgan fingerprint density at radius 2 is 1.79 bits per heavy atom. The highest BCUT2D eigenvalue weighted by Crippen LogP contribution is 2.27. The summed E-state index contributed by atoms with van der Waals surface area (Å²) in [5, 5.41) is 2.75. The van der Waals surface area contributed by atoms with Gasteiger partial charge in [-0.05, 0) is 36.6 Å². The molecule has 1 N–H and O–H groups in total. The second kappa shape index (κ2) is 8.86. The number of nitrogens with one attached hydrogen (secondary N) is 1. The number of halogens is 1. The van der Waals surface area contributed by atoms with Crippen molar-refractivity contribution >= 4 is 35.0 Å². The lowest BCUT2D eigenvalue weighted by Gasteiger charge is -2.36. The minimum absolute atomic E-state index is 0.0304. The molecule has 0 spiro atoms. The molecule has 2 amide bonds. The van der Waals surface area contributed by atoms with E-state index in [1.54, 1.807) is 12.1 Å². The standard InChI is InChI=1S/C22H24FN3O2S/c23-17-6-2-4-8-19(17)25-11-13-26(14-12-25)21(27)15-29-20-10-9-16-5-1-3-7-18(16)24-22(20)28/h1-8,20H,9-15H2,(H,24,28). The summed E-state index contributed by atoms with van der Waals surface area (Å²) in [6, 6.07) is 14.6. The van der Waals surface area contributed by atoms with Crippen LogP contribution in [0.4, 0.5) is 15.8 Å². The molecule has 1 fully saturated rings. The number of fused-ring (bicyclic) bond motifs is 1. The van der Waals surface area contributed by atoms with Crippen molar-refractivity contribution in [2.75, 3.05) is 42.1 Å². The van der Waals surface area contributed by atoms with Crippen LogP contribution in [0.3, 0.4) is 0 Å². The highest BCUT2D eigenvalue weighted by atomic mass is 32.2. The Balaban J connectivity index is 1.27. The first kappa shape index (κ1) is 19.8. The Labute approximate surface area is 174 Å². The molecule has 4 rings (SSSR count). The smallest absolute Gasteiger partial charge is 0.237 e. The molecule has 0 aromatic heterocycles. The van der Waals surface area contributed by atoms with Crippen molar-refractivity contribution < 1.29 is 14.0 Å². The summed E-state index contributed by atoms with van der Waals surface area (Å²) < 4.78 is 14.0. The van der Waals surface area contributed by atoms with Gasteiger partial charge in [0.2, 0.25) is 11.8 Å². The van der Waals surface area contributed by atoms with Gasteiger partial charge in [0, 0.05) is 31.9 Å². The lowest BCUT2D eigenvalue weighted by molar-refractivity contribution is -0.128. The van der Waals surface area contributed by atoms with Gasteiger partial charge in [-0.1, -0.05) is 30.3 Å². The molecule has 1 saturated heterocycles. The van der Waals surface area contributed by atoms with Crippen molar-refractivity contribution in [1.29, 1.82) is 0 Å². The van der Waals surface area contributed by atoms with E-state index in [1.165, 1.54) is 17.8 Å². The van der Waals surface area contributed by atoms with Gasteiger partial charge in [-0.2, -0.15) is 0 Å². The number of thioether (sulfide) groups is 1. The number of anilines is 2. The van der Waals surface area contributed by atoms with Gasteiger partial charge in [-0.15, -0.1) is 11.8 Å². The minimum Gasteiger partial charge on any atom is -0.366 e. The summed E-state index contributed by atoms with van der Waals surface area (Å²) in [5.41, 5.74) is 2.60. The van der Waals surface area contributed by atoms with Crippen molar-refractivity contribution in [3.05, 3.63) is 59.9 Å². The van der Waals surface area contributed by atoms with Crippen molar-refractivity contribution in [2.24, 2.45) is 0 Å². The number of amides is 2. The summed E-state index contributed by atoms with van der Waals surface area (Å²) in [4.78, 5) is 28.9. The zero-order chi connectivity index (χ0) is 20.2. The van der Waals surface area contributed by atoms with Gasteiger partial charge in [0.25, 0.3) is 0 Å². The molecule has 1 unspecified atom stereocenters. The average Bonchev–Trinajstić information content (AvgIpc) is 2.90. The molecule has 2 heterocycles. The van der Waals surface area contributed by atoms with E-state index in [1.807, 2.05) is 40.1 Å². The van der Waals surface area contributed by atoms with Crippen LogP contribution in [0.5, 0.6) is 0 Å². The summed E-state index contributed by atoms with van der Waals surface area (Å²) in [6.07, 6.45) is 1.55. The van der Waals surface area contributed by atoms with Crippen LogP contribution in [0.25, 0.3) is 0 Å². The number of aryl methyl sites for hydroxylation is 1.